The molecule has 0 spiro atoms. The molecule has 1 aliphatic heterocycles. The zero-order chi connectivity index (χ0) is 14.7. The Bertz CT molecular complexity index is 516. The predicted molar refractivity (Wildman–Crippen MR) is 82.9 cm³/mol. The average Bonchev–Trinajstić information content (AvgIpc) is 2.68. The molecular formula is C15H20N2O2S. The monoisotopic (exact) mass is 292 g/mol. The van der Waals surface area contributed by atoms with Crippen molar-refractivity contribution >= 4 is 28.5 Å². The lowest BCUT2D eigenvalue weighted by Gasteiger charge is -2.18. The number of hydrogen-bond donors (Lipinski definition) is 0. The summed E-state index contributed by atoms with van der Waals surface area (Å²) in [5.41, 5.74) is 2.11. The Kier molecular flexibility index (Phi) is 4.83. The van der Waals surface area contributed by atoms with Gasteiger partial charge in [0.15, 0.2) is 5.12 Å². The summed E-state index contributed by atoms with van der Waals surface area (Å²) >= 11 is 1.27. The van der Waals surface area contributed by atoms with Gasteiger partial charge in [-0.25, -0.2) is 0 Å². The van der Waals surface area contributed by atoms with E-state index in [-0.39, 0.29) is 16.3 Å². The van der Waals surface area contributed by atoms with E-state index in [2.05, 4.69) is 17.0 Å². The summed E-state index contributed by atoms with van der Waals surface area (Å²) < 4.78 is 0. The van der Waals surface area contributed by atoms with Crippen LogP contribution in [-0.4, -0.2) is 41.8 Å². The van der Waals surface area contributed by atoms with E-state index in [9.17, 15) is 9.59 Å². The van der Waals surface area contributed by atoms with Crippen molar-refractivity contribution in [3.05, 3.63) is 29.8 Å². The molecule has 0 aliphatic carbocycles. The van der Waals surface area contributed by atoms with E-state index in [4.69, 9.17) is 0 Å². The summed E-state index contributed by atoms with van der Waals surface area (Å²) in [4.78, 5) is 27.1. The van der Waals surface area contributed by atoms with Crippen molar-refractivity contribution in [1.29, 1.82) is 0 Å². The highest BCUT2D eigenvalue weighted by atomic mass is 32.2. The Morgan fingerprint density at radius 1 is 1.45 bits per heavy atom. The van der Waals surface area contributed by atoms with Crippen LogP contribution in [0.25, 0.3) is 0 Å². The second-order valence-electron chi connectivity index (χ2n) is 5.35. The van der Waals surface area contributed by atoms with Crippen molar-refractivity contribution in [2.45, 2.75) is 25.1 Å². The van der Waals surface area contributed by atoms with Crippen molar-refractivity contribution in [3.63, 3.8) is 0 Å². The molecule has 0 saturated carbocycles. The minimum atomic E-state index is 0.0750. The van der Waals surface area contributed by atoms with Crippen LogP contribution in [0.2, 0.25) is 0 Å². The molecule has 1 amide bonds. The summed E-state index contributed by atoms with van der Waals surface area (Å²) in [6, 6.07) is 8.05. The molecule has 2 rings (SSSR count). The molecule has 1 aromatic rings. The number of carbonyl (C=O) groups excluding carboxylic acids is 2. The Labute approximate surface area is 124 Å². The van der Waals surface area contributed by atoms with Gasteiger partial charge in [-0.1, -0.05) is 23.9 Å². The van der Waals surface area contributed by atoms with Gasteiger partial charge in [0.05, 0.1) is 0 Å². The van der Waals surface area contributed by atoms with Crippen LogP contribution in [0.5, 0.6) is 0 Å². The molecule has 0 N–H and O–H groups in total. The lowest BCUT2D eigenvalue weighted by atomic mass is 10.2. The molecule has 108 valence electrons. The minimum Gasteiger partial charge on any atom is -0.311 e. The van der Waals surface area contributed by atoms with E-state index >= 15 is 0 Å². The molecule has 1 aromatic carbocycles. The maximum atomic E-state index is 12.1. The van der Waals surface area contributed by atoms with E-state index in [1.165, 1.54) is 17.3 Å². The van der Waals surface area contributed by atoms with Crippen molar-refractivity contribution < 1.29 is 9.59 Å². The van der Waals surface area contributed by atoms with Gasteiger partial charge in [0.2, 0.25) is 5.91 Å². The SMILES string of the molecule is CC(=O)SC1CC(=O)N(c2cccc(CN(C)C)c2)C1. The van der Waals surface area contributed by atoms with Crippen molar-refractivity contribution in [2.75, 3.05) is 25.5 Å². The van der Waals surface area contributed by atoms with E-state index in [0.29, 0.717) is 13.0 Å². The number of carbonyl (C=O) groups is 2. The zero-order valence-electron chi connectivity index (χ0n) is 12.1. The molecule has 1 atom stereocenters. The molecule has 1 saturated heterocycles. The van der Waals surface area contributed by atoms with Gasteiger partial charge in [-0.2, -0.15) is 0 Å². The van der Waals surface area contributed by atoms with Crippen LogP contribution in [0.1, 0.15) is 18.9 Å². The summed E-state index contributed by atoms with van der Waals surface area (Å²) in [5.74, 6) is 0.103. The second-order valence-corrected chi connectivity index (χ2v) is 6.82. The molecular weight excluding hydrogens is 272 g/mol. The van der Waals surface area contributed by atoms with Crippen LogP contribution in [0.4, 0.5) is 5.69 Å². The highest BCUT2D eigenvalue weighted by Gasteiger charge is 2.31. The number of amides is 1. The van der Waals surface area contributed by atoms with Gasteiger partial charge in [0.25, 0.3) is 0 Å². The topological polar surface area (TPSA) is 40.6 Å². The molecule has 1 fully saturated rings. The number of hydrogen-bond acceptors (Lipinski definition) is 4. The molecule has 0 aromatic heterocycles. The third kappa shape index (κ3) is 3.84. The second kappa shape index (κ2) is 6.41. The Morgan fingerprint density at radius 2 is 2.20 bits per heavy atom. The molecule has 1 unspecified atom stereocenters. The van der Waals surface area contributed by atoms with E-state index in [0.717, 1.165) is 12.2 Å². The zero-order valence-corrected chi connectivity index (χ0v) is 12.9. The maximum absolute atomic E-state index is 12.1. The predicted octanol–water partition coefficient (Wildman–Crippen LogP) is 2.13. The van der Waals surface area contributed by atoms with E-state index in [1.807, 2.05) is 26.2 Å². The van der Waals surface area contributed by atoms with Crippen molar-refractivity contribution in [3.8, 4) is 0 Å². The first-order valence-electron chi connectivity index (χ1n) is 6.67. The highest BCUT2D eigenvalue weighted by Crippen LogP contribution is 2.29. The quantitative estimate of drug-likeness (QED) is 0.852. The fourth-order valence-electron chi connectivity index (χ4n) is 2.43. The lowest BCUT2D eigenvalue weighted by Crippen LogP contribution is -2.25. The third-order valence-corrected chi connectivity index (χ3v) is 4.12. The van der Waals surface area contributed by atoms with Crippen LogP contribution >= 0.6 is 11.8 Å². The maximum Gasteiger partial charge on any atom is 0.228 e. The fourth-order valence-corrected chi connectivity index (χ4v) is 3.34. The largest absolute Gasteiger partial charge is 0.311 e. The Morgan fingerprint density at radius 3 is 2.85 bits per heavy atom. The smallest absolute Gasteiger partial charge is 0.228 e. The fraction of sp³-hybridized carbons (Fsp3) is 0.467. The van der Waals surface area contributed by atoms with Gasteiger partial charge in [-0.05, 0) is 31.8 Å². The first-order valence-corrected chi connectivity index (χ1v) is 7.55. The van der Waals surface area contributed by atoms with Crippen molar-refractivity contribution in [1.82, 2.24) is 4.90 Å². The molecule has 4 nitrogen and oxygen atoms in total. The molecule has 20 heavy (non-hydrogen) atoms. The molecule has 0 bridgehead atoms. The summed E-state index contributed by atoms with van der Waals surface area (Å²) in [6.07, 6.45) is 0.447. The summed E-state index contributed by atoms with van der Waals surface area (Å²) in [5, 5.41) is 0.156. The van der Waals surface area contributed by atoms with Crippen LogP contribution in [-0.2, 0) is 16.1 Å². The van der Waals surface area contributed by atoms with Crippen LogP contribution in [0, 0.1) is 0 Å². The normalized spacial score (nSPS) is 18.9. The van der Waals surface area contributed by atoms with Crippen molar-refractivity contribution in [2.24, 2.45) is 0 Å². The van der Waals surface area contributed by atoms with Gasteiger partial charge < -0.3 is 9.80 Å². The van der Waals surface area contributed by atoms with Crippen LogP contribution in [0.15, 0.2) is 24.3 Å². The third-order valence-electron chi connectivity index (χ3n) is 3.14. The minimum absolute atomic E-state index is 0.0750. The van der Waals surface area contributed by atoms with E-state index < -0.39 is 0 Å². The first-order chi connectivity index (χ1) is 9.45. The molecule has 1 heterocycles. The van der Waals surface area contributed by atoms with Crippen LogP contribution < -0.4 is 4.90 Å². The highest BCUT2D eigenvalue weighted by molar-refractivity contribution is 8.14. The first kappa shape index (κ1) is 15.1. The lowest BCUT2D eigenvalue weighted by molar-refractivity contribution is -0.117. The number of benzene rings is 1. The molecule has 5 heteroatoms. The standard InChI is InChI=1S/C15H20N2O2S/c1-11(18)20-14-8-15(19)17(10-14)13-6-4-5-12(7-13)9-16(2)3/h4-7,14H,8-10H2,1-3H3. The Hall–Kier alpha value is -1.33. The Balaban J connectivity index is 2.11. The van der Waals surface area contributed by atoms with Gasteiger partial charge in [-0.15, -0.1) is 0 Å². The van der Waals surface area contributed by atoms with Gasteiger partial charge in [0, 0.05) is 37.4 Å². The van der Waals surface area contributed by atoms with Crippen LogP contribution in [0.3, 0.4) is 0 Å². The number of anilines is 1. The molecule has 1 aliphatic rings. The van der Waals surface area contributed by atoms with Gasteiger partial charge in [0.1, 0.15) is 0 Å². The van der Waals surface area contributed by atoms with Gasteiger partial charge >= 0.3 is 0 Å². The summed E-state index contributed by atoms with van der Waals surface area (Å²) in [6.45, 7) is 3.02. The van der Waals surface area contributed by atoms with Gasteiger partial charge in [-0.3, -0.25) is 9.59 Å². The number of thioether (sulfide) groups is 1. The number of rotatable bonds is 4. The molecule has 0 radical (unpaired) electrons. The van der Waals surface area contributed by atoms with E-state index in [1.54, 1.807) is 11.8 Å². The average molecular weight is 292 g/mol. The summed E-state index contributed by atoms with van der Waals surface area (Å²) in [7, 11) is 4.04. The number of nitrogens with zero attached hydrogens (tertiary/aromatic N) is 2.